The Morgan fingerprint density at radius 3 is 2.69 bits per heavy atom. The first-order valence-corrected chi connectivity index (χ1v) is 5.09. The molecule has 0 aromatic carbocycles. The largest absolute Gasteiger partial charge is 0.395 e. The van der Waals surface area contributed by atoms with Crippen molar-refractivity contribution in [3.05, 3.63) is 17.6 Å². The van der Waals surface area contributed by atoms with Crippen molar-refractivity contribution in [3.63, 3.8) is 0 Å². The molecule has 0 amide bonds. The minimum absolute atomic E-state index is 0.166. The van der Waals surface area contributed by atoms with E-state index in [1.165, 1.54) is 0 Å². The van der Waals surface area contributed by atoms with Gasteiger partial charge in [0.1, 0.15) is 5.03 Å². The summed E-state index contributed by atoms with van der Waals surface area (Å²) in [5, 5.41) is 9.91. The molecule has 1 atom stereocenters. The number of hydrogen-bond acceptors (Lipinski definition) is 4. The van der Waals surface area contributed by atoms with Crippen LogP contribution in [0.3, 0.4) is 0 Å². The Kier molecular flexibility index (Phi) is 3.69. The quantitative estimate of drug-likeness (QED) is 0.749. The lowest BCUT2D eigenvalue weighted by molar-refractivity contribution is 0.300. The molecule has 3 nitrogen and oxygen atoms in total. The molecule has 72 valence electrons. The van der Waals surface area contributed by atoms with Crippen LogP contribution < -0.4 is 0 Å². The SMILES string of the molecule is Cc1ncc(SC(C)CO)nc1C. The number of aromatic nitrogens is 2. The highest BCUT2D eigenvalue weighted by molar-refractivity contribution is 7.99. The molecule has 0 bridgehead atoms. The summed E-state index contributed by atoms with van der Waals surface area (Å²) in [5.41, 5.74) is 1.91. The topological polar surface area (TPSA) is 46.0 Å². The van der Waals surface area contributed by atoms with Crippen molar-refractivity contribution in [3.8, 4) is 0 Å². The first-order chi connectivity index (χ1) is 6.13. The third-order valence-electron chi connectivity index (χ3n) is 1.75. The van der Waals surface area contributed by atoms with Crippen LogP contribution in [-0.4, -0.2) is 26.9 Å². The van der Waals surface area contributed by atoms with E-state index < -0.39 is 0 Å². The lowest BCUT2D eigenvalue weighted by atomic mass is 10.4. The lowest BCUT2D eigenvalue weighted by Crippen LogP contribution is -2.03. The highest BCUT2D eigenvalue weighted by atomic mass is 32.2. The molecule has 1 unspecified atom stereocenters. The number of aliphatic hydroxyl groups is 1. The third kappa shape index (κ3) is 2.97. The van der Waals surface area contributed by atoms with Crippen LogP contribution in [0.15, 0.2) is 11.2 Å². The Balaban J connectivity index is 2.73. The maximum absolute atomic E-state index is 8.85. The van der Waals surface area contributed by atoms with Gasteiger partial charge in [-0.3, -0.25) is 4.98 Å². The minimum atomic E-state index is 0.166. The first kappa shape index (κ1) is 10.5. The fourth-order valence-electron chi connectivity index (χ4n) is 0.821. The van der Waals surface area contributed by atoms with E-state index in [4.69, 9.17) is 5.11 Å². The van der Waals surface area contributed by atoms with E-state index in [1.807, 2.05) is 20.8 Å². The number of aliphatic hydroxyl groups excluding tert-OH is 1. The fourth-order valence-corrected chi connectivity index (χ4v) is 1.61. The number of hydrogen-bond donors (Lipinski definition) is 1. The van der Waals surface area contributed by atoms with Gasteiger partial charge in [0.2, 0.25) is 0 Å². The molecule has 1 heterocycles. The molecule has 0 saturated carbocycles. The van der Waals surface area contributed by atoms with Gasteiger partial charge in [-0.1, -0.05) is 18.7 Å². The van der Waals surface area contributed by atoms with E-state index in [0.717, 1.165) is 16.4 Å². The molecular formula is C9H14N2OS. The summed E-state index contributed by atoms with van der Waals surface area (Å²) in [6, 6.07) is 0. The van der Waals surface area contributed by atoms with Gasteiger partial charge in [-0.25, -0.2) is 4.98 Å². The second-order valence-corrected chi connectivity index (χ2v) is 4.45. The van der Waals surface area contributed by atoms with Crippen LogP contribution in [0.4, 0.5) is 0 Å². The zero-order chi connectivity index (χ0) is 9.84. The minimum Gasteiger partial charge on any atom is -0.395 e. The normalized spacial score (nSPS) is 12.9. The van der Waals surface area contributed by atoms with Crippen LogP contribution in [0.5, 0.6) is 0 Å². The summed E-state index contributed by atoms with van der Waals surface area (Å²) in [5.74, 6) is 0. The molecule has 1 rings (SSSR count). The Labute approximate surface area is 82.6 Å². The molecule has 1 N–H and O–H groups in total. The molecule has 1 aromatic heterocycles. The predicted octanol–water partition coefficient (Wildman–Crippen LogP) is 1.57. The van der Waals surface area contributed by atoms with Crippen molar-refractivity contribution in [2.75, 3.05) is 6.61 Å². The van der Waals surface area contributed by atoms with E-state index in [1.54, 1.807) is 18.0 Å². The second kappa shape index (κ2) is 4.58. The summed E-state index contributed by atoms with van der Waals surface area (Å²) in [6.07, 6.45) is 1.75. The van der Waals surface area contributed by atoms with Gasteiger partial charge in [0.15, 0.2) is 0 Å². The van der Waals surface area contributed by atoms with Gasteiger partial charge in [0.05, 0.1) is 24.2 Å². The zero-order valence-electron chi connectivity index (χ0n) is 8.11. The molecule has 0 saturated heterocycles. The summed E-state index contributed by atoms with van der Waals surface area (Å²) in [4.78, 5) is 8.55. The molecule has 0 aliphatic carbocycles. The van der Waals surface area contributed by atoms with E-state index in [0.29, 0.717) is 0 Å². The maximum atomic E-state index is 8.85. The van der Waals surface area contributed by atoms with E-state index >= 15 is 0 Å². The fraction of sp³-hybridized carbons (Fsp3) is 0.556. The highest BCUT2D eigenvalue weighted by Gasteiger charge is 2.05. The Morgan fingerprint density at radius 1 is 1.46 bits per heavy atom. The van der Waals surface area contributed by atoms with Crippen LogP contribution in [-0.2, 0) is 0 Å². The number of aryl methyl sites for hydroxylation is 2. The average Bonchev–Trinajstić information content (AvgIpc) is 2.11. The van der Waals surface area contributed by atoms with Gasteiger partial charge in [-0.05, 0) is 13.8 Å². The van der Waals surface area contributed by atoms with Crippen LogP contribution >= 0.6 is 11.8 Å². The zero-order valence-corrected chi connectivity index (χ0v) is 8.93. The van der Waals surface area contributed by atoms with Gasteiger partial charge < -0.3 is 5.11 Å². The molecule has 0 aliphatic heterocycles. The van der Waals surface area contributed by atoms with Crippen molar-refractivity contribution in [1.29, 1.82) is 0 Å². The summed E-state index contributed by atoms with van der Waals surface area (Å²) in [6.45, 7) is 6.00. The van der Waals surface area contributed by atoms with Gasteiger partial charge in [-0.15, -0.1) is 0 Å². The van der Waals surface area contributed by atoms with Crippen molar-refractivity contribution in [1.82, 2.24) is 9.97 Å². The summed E-state index contributed by atoms with van der Waals surface area (Å²) < 4.78 is 0. The Bertz CT molecular complexity index is 291. The van der Waals surface area contributed by atoms with Crippen LogP contribution in [0, 0.1) is 13.8 Å². The van der Waals surface area contributed by atoms with Gasteiger partial charge in [-0.2, -0.15) is 0 Å². The van der Waals surface area contributed by atoms with Gasteiger partial charge in [0.25, 0.3) is 0 Å². The smallest absolute Gasteiger partial charge is 0.115 e. The van der Waals surface area contributed by atoms with Gasteiger partial charge >= 0.3 is 0 Å². The van der Waals surface area contributed by atoms with Crippen molar-refractivity contribution >= 4 is 11.8 Å². The second-order valence-electron chi connectivity index (χ2n) is 2.99. The van der Waals surface area contributed by atoms with E-state index in [-0.39, 0.29) is 11.9 Å². The van der Waals surface area contributed by atoms with Crippen molar-refractivity contribution < 1.29 is 5.11 Å². The molecule has 0 radical (unpaired) electrons. The number of thioether (sulfide) groups is 1. The van der Waals surface area contributed by atoms with E-state index in [9.17, 15) is 0 Å². The van der Waals surface area contributed by atoms with Crippen LogP contribution in [0.1, 0.15) is 18.3 Å². The first-order valence-electron chi connectivity index (χ1n) is 4.21. The molecule has 1 aromatic rings. The van der Waals surface area contributed by atoms with Gasteiger partial charge in [0, 0.05) is 5.25 Å². The monoisotopic (exact) mass is 198 g/mol. The highest BCUT2D eigenvalue weighted by Crippen LogP contribution is 2.20. The third-order valence-corrected chi connectivity index (χ3v) is 2.74. The summed E-state index contributed by atoms with van der Waals surface area (Å²) in [7, 11) is 0. The molecule has 0 aliphatic rings. The molecule has 4 heteroatoms. The molecule has 13 heavy (non-hydrogen) atoms. The average molecular weight is 198 g/mol. The molecule has 0 spiro atoms. The molecule has 0 fully saturated rings. The predicted molar refractivity (Wildman–Crippen MR) is 53.9 cm³/mol. The number of rotatable bonds is 3. The lowest BCUT2D eigenvalue weighted by Gasteiger charge is -2.07. The van der Waals surface area contributed by atoms with Crippen LogP contribution in [0.2, 0.25) is 0 Å². The van der Waals surface area contributed by atoms with Crippen molar-refractivity contribution in [2.45, 2.75) is 31.0 Å². The van der Waals surface area contributed by atoms with Crippen LogP contribution in [0.25, 0.3) is 0 Å². The summed E-state index contributed by atoms with van der Waals surface area (Å²) >= 11 is 1.54. The molecular weight excluding hydrogens is 184 g/mol. The standard InChI is InChI=1S/C9H14N2OS/c1-6(5-12)13-9-4-10-7(2)8(3)11-9/h4,6,12H,5H2,1-3H3. The Morgan fingerprint density at radius 2 is 2.15 bits per heavy atom. The van der Waals surface area contributed by atoms with E-state index in [2.05, 4.69) is 9.97 Å². The maximum Gasteiger partial charge on any atom is 0.115 e. The number of nitrogens with zero attached hydrogens (tertiary/aromatic N) is 2. The Hall–Kier alpha value is -0.610. The van der Waals surface area contributed by atoms with Crippen molar-refractivity contribution in [2.24, 2.45) is 0 Å².